The van der Waals surface area contributed by atoms with Crippen molar-refractivity contribution in [2.24, 2.45) is 0 Å². The van der Waals surface area contributed by atoms with Crippen molar-refractivity contribution in [3.05, 3.63) is 72.3 Å². The third kappa shape index (κ3) is 5.44. The van der Waals surface area contributed by atoms with Crippen molar-refractivity contribution in [2.75, 3.05) is 32.2 Å². The summed E-state index contributed by atoms with van der Waals surface area (Å²) < 4.78 is 12.6. The van der Waals surface area contributed by atoms with E-state index in [1.165, 1.54) is 0 Å². The minimum atomic E-state index is -0.732. The molecule has 3 N–H and O–H groups in total. The van der Waals surface area contributed by atoms with Gasteiger partial charge in [-0.3, -0.25) is 0 Å². The van der Waals surface area contributed by atoms with E-state index in [1.807, 2.05) is 24.3 Å². The first-order valence-corrected chi connectivity index (χ1v) is 11.0. The monoisotopic (exact) mass is 447 g/mol. The Kier molecular flexibility index (Phi) is 7.43. The largest absolute Gasteiger partial charge is 0.393 e. The molecule has 33 heavy (non-hydrogen) atoms. The van der Waals surface area contributed by atoms with Gasteiger partial charge in [-0.15, -0.1) is 0 Å². The predicted molar refractivity (Wildman–Crippen MR) is 127 cm³/mol. The van der Waals surface area contributed by atoms with E-state index >= 15 is 0 Å². The summed E-state index contributed by atoms with van der Waals surface area (Å²) in [7, 11) is 1.71. The molecule has 2 heterocycles. The maximum absolute atomic E-state index is 9.84. The number of benzene rings is 2. The van der Waals surface area contributed by atoms with E-state index in [-0.39, 0.29) is 18.8 Å². The molecule has 1 aromatic heterocycles. The second-order valence-corrected chi connectivity index (χ2v) is 8.05. The smallest absolute Gasteiger partial charge is 0.138 e. The fourth-order valence-electron chi connectivity index (χ4n) is 3.90. The van der Waals surface area contributed by atoms with E-state index in [0.717, 1.165) is 22.4 Å². The quantitative estimate of drug-likeness (QED) is 0.483. The molecule has 7 nitrogen and oxygen atoms in total. The lowest BCUT2D eigenvalue weighted by atomic mass is 10.0. The van der Waals surface area contributed by atoms with E-state index in [9.17, 15) is 10.2 Å². The summed E-state index contributed by atoms with van der Waals surface area (Å²) in [6.07, 6.45) is 2.65. The molecule has 0 amide bonds. The third-order valence-corrected chi connectivity index (χ3v) is 5.75. The van der Waals surface area contributed by atoms with E-state index < -0.39 is 12.1 Å². The summed E-state index contributed by atoms with van der Waals surface area (Å²) in [4.78, 5) is 4.14. The molecule has 3 aromatic rings. The molecule has 4 rings (SSSR count). The van der Waals surface area contributed by atoms with Gasteiger partial charge in [0, 0.05) is 30.8 Å². The Labute approximate surface area is 194 Å². The van der Waals surface area contributed by atoms with Crippen molar-refractivity contribution in [2.45, 2.75) is 31.2 Å². The lowest BCUT2D eigenvalue weighted by Gasteiger charge is -2.19. The van der Waals surface area contributed by atoms with Crippen LogP contribution in [-0.2, 0) is 9.47 Å². The Balaban J connectivity index is 1.43. The number of nitrogens with one attached hydrogen (secondary N) is 1. The molecule has 7 heteroatoms. The molecule has 1 aliphatic rings. The zero-order valence-electron chi connectivity index (χ0n) is 18.8. The first kappa shape index (κ1) is 23.0. The number of aliphatic hydroxyl groups excluding tert-OH is 2. The van der Waals surface area contributed by atoms with Crippen LogP contribution in [0, 0.1) is 11.8 Å². The van der Waals surface area contributed by atoms with Gasteiger partial charge in [0.15, 0.2) is 0 Å². The van der Waals surface area contributed by atoms with Crippen LogP contribution in [0.15, 0.2) is 60.9 Å². The van der Waals surface area contributed by atoms with Crippen LogP contribution in [-0.4, -0.2) is 58.8 Å². The van der Waals surface area contributed by atoms with Gasteiger partial charge in [0.2, 0.25) is 0 Å². The van der Waals surface area contributed by atoms with Gasteiger partial charge in [-0.25, -0.2) is 4.98 Å². The maximum atomic E-state index is 9.84. The summed E-state index contributed by atoms with van der Waals surface area (Å²) in [5.41, 5.74) is 4.08. The van der Waals surface area contributed by atoms with Crippen LogP contribution in [0.1, 0.15) is 30.5 Å². The van der Waals surface area contributed by atoms with Crippen molar-refractivity contribution >= 4 is 5.69 Å². The molecule has 1 unspecified atom stereocenters. The average Bonchev–Trinajstić information content (AvgIpc) is 3.50. The minimum absolute atomic E-state index is 0.0659. The van der Waals surface area contributed by atoms with E-state index in [0.29, 0.717) is 19.0 Å². The number of ether oxygens (including phenoxy) is 2. The predicted octanol–water partition coefficient (Wildman–Crippen LogP) is 3.01. The maximum Gasteiger partial charge on any atom is 0.138 e. The highest BCUT2D eigenvalue weighted by Crippen LogP contribution is 2.23. The molecule has 1 aliphatic heterocycles. The Morgan fingerprint density at radius 2 is 1.85 bits per heavy atom. The highest BCUT2D eigenvalue weighted by atomic mass is 16.5. The Hall–Kier alpha value is -3.15. The summed E-state index contributed by atoms with van der Waals surface area (Å²) in [5.74, 6) is 6.67. The van der Waals surface area contributed by atoms with Crippen LogP contribution >= 0.6 is 0 Å². The van der Waals surface area contributed by atoms with Gasteiger partial charge in [0.25, 0.3) is 0 Å². The topological polar surface area (TPSA) is 88.8 Å². The number of hydrogen-bond donors (Lipinski definition) is 3. The first-order valence-electron chi connectivity index (χ1n) is 11.0. The van der Waals surface area contributed by atoms with Crippen LogP contribution in [0.2, 0.25) is 0 Å². The second-order valence-electron chi connectivity index (χ2n) is 8.05. The van der Waals surface area contributed by atoms with Crippen LogP contribution in [0.25, 0.3) is 11.1 Å². The number of imidazole rings is 1. The highest BCUT2D eigenvalue weighted by molar-refractivity contribution is 5.67. The van der Waals surface area contributed by atoms with E-state index in [4.69, 9.17) is 9.47 Å². The summed E-state index contributed by atoms with van der Waals surface area (Å²) >= 11 is 0. The van der Waals surface area contributed by atoms with Crippen molar-refractivity contribution in [3.63, 3.8) is 0 Å². The lowest BCUT2D eigenvalue weighted by molar-refractivity contribution is 0.0795. The number of rotatable bonds is 7. The van der Waals surface area contributed by atoms with Gasteiger partial charge in [-0.1, -0.05) is 36.1 Å². The van der Waals surface area contributed by atoms with Crippen LogP contribution in [0.4, 0.5) is 5.69 Å². The molecule has 2 aromatic carbocycles. The second kappa shape index (κ2) is 10.6. The number of aromatic nitrogens is 2. The fraction of sp³-hybridized carbons (Fsp3) is 0.346. The molecular formula is C26H29N3O4. The Morgan fingerprint density at radius 3 is 2.48 bits per heavy atom. The molecule has 0 bridgehead atoms. The van der Waals surface area contributed by atoms with Crippen molar-refractivity contribution in [1.29, 1.82) is 0 Å². The zero-order valence-corrected chi connectivity index (χ0v) is 18.8. The molecule has 0 spiro atoms. The van der Waals surface area contributed by atoms with Crippen LogP contribution < -0.4 is 5.32 Å². The Bertz CT molecular complexity index is 1100. The number of hydrogen-bond acceptors (Lipinski definition) is 6. The molecule has 1 fully saturated rings. The van der Waals surface area contributed by atoms with Gasteiger partial charge in [0.05, 0.1) is 25.9 Å². The average molecular weight is 448 g/mol. The summed E-state index contributed by atoms with van der Waals surface area (Å²) in [6, 6.07) is 16.0. The van der Waals surface area contributed by atoms with Gasteiger partial charge >= 0.3 is 0 Å². The van der Waals surface area contributed by atoms with Gasteiger partial charge in [-0.2, -0.15) is 0 Å². The van der Waals surface area contributed by atoms with Crippen LogP contribution in [0.3, 0.4) is 0 Å². The van der Waals surface area contributed by atoms with Crippen molar-refractivity contribution in [3.8, 4) is 23.0 Å². The molecule has 0 aliphatic carbocycles. The van der Waals surface area contributed by atoms with Gasteiger partial charge in [-0.05, 0) is 42.3 Å². The van der Waals surface area contributed by atoms with Crippen molar-refractivity contribution in [1.82, 2.24) is 9.55 Å². The van der Waals surface area contributed by atoms with Gasteiger partial charge < -0.3 is 29.6 Å². The molecule has 0 radical (unpaired) electrons. The highest BCUT2D eigenvalue weighted by Gasteiger charge is 2.27. The Morgan fingerprint density at radius 1 is 1.15 bits per heavy atom. The number of methoxy groups -OCH3 is 1. The first-order chi connectivity index (χ1) is 16.1. The molecule has 172 valence electrons. The number of aliphatic hydroxyl groups is 2. The molecular weight excluding hydrogens is 418 g/mol. The molecule has 0 saturated carbocycles. The summed E-state index contributed by atoms with van der Waals surface area (Å²) in [6.45, 7) is 2.73. The third-order valence-electron chi connectivity index (χ3n) is 5.75. The lowest BCUT2D eigenvalue weighted by Crippen LogP contribution is -2.33. The van der Waals surface area contributed by atoms with Gasteiger partial charge in [0.1, 0.15) is 24.1 Å². The van der Waals surface area contributed by atoms with E-state index in [2.05, 4.69) is 46.4 Å². The van der Waals surface area contributed by atoms with Crippen molar-refractivity contribution < 1.29 is 19.7 Å². The van der Waals surface area contributed by atoms with Crippen LogP contribution in [0.5, 0.6) is 0 Å². The SMILES string of the molecule is CO[C@@H]1COCC1Nc1ccc(-c2ccc(C#C[C@@H](CO)n3ccnc3[C@H](C)O)cc2)cc1. The standard InChI is InChI=1S/C26H29N3O4/c1-18(31)26-27-13-14-29(26)23(15-30)12-5-19-3-6-20(7-4-19)21-8-10-22(11-9-21)28-24-16-33-17-25(24)32-2/h3-4,6-11,13-14,18,23-25,28,30-31H,15-17H2,1-2H3/t18-,23-,24?,25+/m0/s1. The zero-order chi connectivity index (χ0) is 23.2. The van der Waals surface area contributed by atoms with E-state index in [1.54, 1.807) is 31.0 Å². The number of anilines is 1. The summed E-state index contributed by atoms with van der Waals surface area (Å²) in [5, 5.41) is 23.1. The minimum Gasteiger partial charge on any atom is -0.393 e. The molecule has 1 saturated heterocycles. The number of nitrogens with zero attached hydrogens (tertiary/aromatic N) is 2. The fourth-order valence-corrected chi connectivity index (χ4v) is 3.90. The normalized spacial score (nSPS) is 19.5. The molecule has 4 atom stereocenters.